The van der Waals surface area contributed by atoms with Crippen molar-refractivity contribution in [2.24, 2.45) is 17.3 Å². The molecular weight excluding hydrogens is 781 g/mol. The Hall–Kier alpha value is -6.76. The number of methoxy groups -OCH3 is 1. The maximum Gasteiger partial charge on any atom is 0.407 e. The zero-order valence-corrected chi connectivity index (χ0v) is 35.0. The third-order valence-electron chi connectivity index (χ3n) is 14.0. The number of nitrogens with one attached hydrogen (secondary N) is 4. The van der Waals surface area contributed by atoms with Gasteiger partial charge in [0, 0.05) is 29.2 Å². The number of rotatable bonds is 13. The van der Waals surface area contributed by atoms with Crippen LogP contribution in [0.15, 0.2) is 96.6 Å². The normalized spacial score (nSPS) is 24.0. The molecule has 0 spiro atoms. The first-order valence-corrected chi connectivity index (χ1v) is 21.7. The minimum Gasteiger partial charge on any atom is -0.453 e. The van der Waals surface area contributed by atoms with E-state index in [1.165, 1.54) is 7.11 Å². The Labute approximate surface area is 357 Å². The predicted octanol–water partition coefficient (Wildman–Crippen LogP) is 7.34. The molecule has 4 amide bonds. The predicted molar refractivity (Wildman–Crippen MR) is 236 cm³/mol. The van der Waals surface area contributed by atoms with E-state index in [1.807, 2.05) is 52.3 Å². The number of aromatic nitrogens is 4. The maximum absolute atomic E-state index is 14.5. The van der Waals surface area contributed by atoms with Crippen molar-refractivity contribution >= 4 is 67.4 Å². The van der Waals surface area contributed by atoms with Crippen molar-refractivity contribution in [1.82, 2.24) is 40.4 Å². The van der Waals surface area contributed by atoms with E-state index >= 15 is 0 Å². The van der Waals surface area contributed by atoms with Gasteiger partial charge < -0.3 is 35.1 Å². The molecule has 5 aliphatic rings. The molecule has 62 heavy (non-hydrogen) atoms. The number of fused-ring (bicyclic) bond motifs is 8. The van der Waals surface area contributed by atoms with Crippen molar-refractivity contribution in [2.45, 2.75) is 70.1 Å². The first-order chi connectivity index (χ1) is 30.0. The van der Waals surface area contributed by atoms with Crippen molar-refractivity contribution in [3.05, 3.63) is 108 Å². The fourth-order valence-corrected chi connectivity index (χ4v) is 10.1. The fourth-order valence-electron chi connectivity index (χ4n) is 10.1. The van der Waals surface area contributed by atoms with Crippen LogP contribution in [-0.4, -0.2) is 84.8 Å². The summed E-state index contributed by atoms with van der Waals surface area (Å²) < 4.78 is 4.68. The van der Waals surface area contributed by atoms with Gasteiger partial charge in [-0.3, -0.25) is 14.4 Å². The molecule has 0 aliphatic heterocycles. The van der Waals surface area contributed by atoms with Crippen LogP contribution in [0.1, 0.15) is 57.6 Å². The van der Waals surface area contributed by atoms with Gasteiger partial charge in [-0.25, -0.2) is 14.8 Å². The fraction of sp³-hybridized carbons (Fsp3) is 0.347. The van der Waals surface area contributed by atoms with Crippen LogP contribution in [0, 0.1) is 17.3 Å². The van der Waals surface area contributed by atoms with Crippen LogP contribution in [0.25, 0.3) is 54.7 Å². The lowest BCUT2D eigenvalue weighted by Crippen LogP contribution is -2.52. The van der Waals surface area contributed by atoms with Gasteiger partial charge in [0.25, 0.3) is 5.91 Å². The van der Waals surface area contributed by atoms with Gasteiger partial charge in [0.2, 0.25) is 11.8 Å². The number of hydrogen-bond donors (Lipinski definition) is 4. The van der Waals surface area contributed by atoms with E-state index in [1.54, 1.807) is 0 Å². The second-order valence-corrected chi connectivity index (χ2v) is 18.1. The van der Waals surface area contributed by atoms with E-state index in [0.717, 1.165) is 92.4 Å². The first-order valence-electron chi connectivity index (χ1n) is 21.7. The summed E-state index contributed by atoms with van der Waals surface area (Å²) in [5.41, 5.74) is 5.49. The van der Waals surface area contributed by atoms with Gasteiger partial charge in [-0.1, -0.05) is 80.6 Å². The van der Waals surface area contributed by atoms with E-state index < -0.39 is 11.6 Å². The molecule has 4 N–H and O–H groups in total. The number of imidazole rings is 2. The Bertz CT molecular complexity index is 3000. The maximum atomic E-state index is 14.5. The number of alkyl carbamates (subject to hydrolysis) is 1. The molecule has 2 aromatic heterocycles. The molecule has 4 aromatic carbocycles. The molecule has 13 nitrogen and oxygen atoms in total. The molecule has 4 saturated carbocycles. The van der Waals surface area contributed by atoms with Gasteiger partial charge >= 0.3 is 6.09 Å². The smallest absolute Gasteiger partial charge is 0.407 e. The van der Waals surface area contributed by atoms with Gasteiger partial charge in [-0.15, -0.1) is 0 Å². The number of allylic oxidation sites excluding steroid dienone is 4. The third kappa shape index (κ3) is 6.11. The summed E-state index contributed by atoms with van der Waals surface area (Å²) in [5, 5.41) is 9.86. The lowest BCUT2D eigenvalue weighted by molar-refractivity contribution is -0.138. The van der Waals surface area contributed by atoms with Gasteiger partial charge in [-0.05, 0) is 89.3 Å². The summed E-state index contributed by atoms with van der Waals surface area (Å²) in [7, 11) is 1.28. The van der Waals surface area contributed by atoms with Crippen molar-refractivity contribution in [2.75, 3.05) is 20.2 Å². The molecule has 314 valence electrons. The number of benzene rings is 4. The highest BCUT2D eigenvalue weighted by atomic mass is 16.5. The van der Waals surface area contributed by atoms with Crippen LogP contribution in [0.5, 0.6) is 0 Å². The highest BCUT2D eigenvalue weighted by Gasteiger charge is 2.83. The van der Waals surface area contributed by atoms with Crippen molar-refractivity contribution < 1.29 is 23.9 Å². The Kier molecular flexibility index (Phi) is 8.55. The number of nitrogens with zero attached hydrogens (tertiary/aromatic N) is 4. The summed E-state index contributed by atoms with van der Waals surface area (Å²) in [4.78, 5) is 73.4. The molecule has 6 aromatic rings. The minimum atomic E-state index is -1.05. The SMILES string of the molecule is CCCN(Cc1nc2c(ccc3cc(-c4ccc5c(ccc6[nH]c(CN(C(=O)CNC(=O)OC)C78CC7(C)C8)nc65)c4)ccc32)[nH]1)C(=O)[C@]1(NC(=O)C2CC2)C2=CC=CC=CC21. The largest absolute Gasteiger partial charge is 0.453 e. The molecule has 0 saturated heterocycles. The van der Waals surface area contributed by atoms with E-state index in [4.69, 9.17) is 9.97 Å². The van der Waals surface area contributed by atoms with Gasteiger partial charge in [0.1, 0.15) is 18.2 Å². The van der Waals surface area contributed by atoms with Crippen LogP contribution >= 0.6 is 0 Å². The average Bonchev–Trinajstić information content (AvgIpc) is 4.23. The number of amides is 4. The molecule has 4 fully saturated rings. The number of carbonyl (C=O) groups is 4. The quantitative estimate of drug-likeness (QED) is 0.0946. The van der Waals surface area contributed by atoms with E-state index in [-0.39, 0.29) is 47.1 Å². The summed E-state index contributed by atoms with van der Waals surface area (Å²) in [6.07, 6.45) is 13.6. The second-order valence-electron chi connectivity index (χ2n) is 18.1. The number of carbonyl (C=O) groups excluding carboxylic acids is 4. The summed E-state index contributed by atoms with van der Waals surface area (Å²) in [6.45, 7) is 5.30. The van der Waals surface area contributed by atoms with Crippen LogP contribution < -0.4 is 10.6 Å². The number of hydrogen-bond acceptors (Lipinski definition) is 7. The van der Waals surface area contributed by atoms with Crippen molar-refractivity contribution in [3.8, 4) is 11.1 Å². The Morgan fingerprint density at radius 1 is 0.839 bits per heavy atom. The molecule has 2 heterocycles. The van der Waals surface area contributed by atoms with Crippen LogP contribution in [0.4, 0.5) is 4.79 Å². The summed E-state index contributed by atoms with van der Waals surface area (Å²) in [5.74, 6) is 0.954. The topological polar surface area (TPSA) is 165 Å². The van der Waals surface area contributed by atoms with E-state index in [0.29, 0.717) is 31.3 Å². The lowest BCUT2D eigenvalue weighted by Gasteiger charge is -2.27. The molecule has 2 atom stereocenters. The van der Waals surface area contributed by atoms with Gasteiger partial charge in [0.05, 0.1) is 47.8 Å². The monoisotopic (exact) mass is 828 g/mol. The third-order valence-corrected chi connectivity index (χ3v) is 14.0. The van der Waals surface area contributed by atoms with E-state index in [9.17, 15) is 19.2 Å². The number of aromatic amines is 2. The number of ether oxygens (including phenoxy) is 1. The van der Waals surface area contributed by atoms with Crippen LogP contribution in [-0.2, 0) is 32.2 Å². The Morgan fingerprint density at radius 2 is 1.47 bits per heavy atom. The van der Waals surface area contributed by atoms with Crippen LogP contribution in [0.2, 0.25) is 0 Å². The molecular formula is C49H48N8O5. The minimum absolute atomic E-state index is 0.00870. The van der Waals surface area contributed by atoms with Gasteiger partial charge in [0.15, 0.2) is 5.54 Å². The van der Waals surface area contributed by atoms with Gasteiger partial charge in [-0.2, -0.15) is 0 Å². The second kappa shape index (κ2) is 13.9. The molecule has 0 bridgehead atoms. The highest BCUT2D eigenvalue weighted by Crippen LogP contribution is 2.81. The molecule has 13 heteroatoms. The zero-order chi connectivity index (χ0) is 42.5. The summed E-state index contributed by atoms with van der Waals surface area (Å²) in [6, 6.07) is 21.1. The van der Waals surface area contributed by atoms with Crippen LogP contribution in [0.3, 0.4) is 0 Å². The molecule has 1 unspecified atom stereocenters. The lowest BCUT2D eigenvalue weighted by atomic mass is 9.98. The van der Waals surface area contributed by atoms with Crippen molar-refractivity contribution in [3.63, 3.8) is 0 Å². The number of H-pyrrole nitrogens is 2. The Morgan fingerprint density at radius 3 is 2.05 bits per heavy atom. The van der Waals surface area contributed by atoms with Crippen molar-refractivity contribution in [1.29, 1.82) is 0 Å². The molecule has 0 radical (unpaired) electrons. The average molecular weight is 829 g/mol. The molecule has 5 aliphatic carbocycles. The first kappa shape index (κ1) is 38.2. The highest BCUT2D eigenvalue weighted by molar-refractivity contribution is 6.08. The summed E-state index contributed by atoms with van der Waals surface area (Å²) >= 11 is 0. The zero-order valence-electron chi connectivity index (χ0n) is 35.0. The van der Waals surface area contributed by atoms with E-state index in [2.05, 4.69) is 87.7 Å². The standard InChI is InChI=1S/C49H48N8O5/c1-4-20-56(45(60)49(55-44(59)28-10-11-28)35-8-6-5-7-9-36(35)49)24-39-51-37-18-14-31-21-29(12-16-33(31)42(37)53-39)30-13-17-34-32(22-30)15-19-38-43(34)54-40(52-38)25-57(48-26-47(48,2)27-48)41(58)23-50-46(61)62-3/h5-9,12-19,21-22,28,35H,4,10-11,20,23-27H2,1-3H3,(H,50,61)(H,51,53)(H,52,54)(H,55,59)/t35?,47?,48?,49-/m1/s1. The Balaban J connectivity index is 0.840. The molecule has 11 rings (SSSR count).